The van der Waals surface area contributed by atoms with Crippen LogP contribution in [0.5, 0.6) is 5.75 Å². The zero-order chi connectivity index (χ0) is 13.5. The number of amides is 1. The second kappa shape index (κ2) is 6.98. The number of nitrogens with one attached hydrogen (secondary N) is 2. The molecule has 1 aromatic rings. The highest BCUT2D eigenvalue weighted by Gasteiger charge is 2.07. The first-order valence-electron chi connectivity index (χ1n) is 5.86. The molecule has 3 N–H and O–H groups in total. The fourth-order valence-corrected chi connectivity index (χ4v) is 1.51. The van der Waals surface area contributed by atoms with Crippen molar-refractivity contribution in [2.24, 2.45) is 0 Å². The number of ether oxygens (including phenoxy) is 1. The van der Waals surface area contributed by atoms with Crippen LogP contribution in [0.3, 0.4) is 0 Å². The lowest BCUT2D eigenvalue weighted by Gasteiger charge is -2.11. The van der Waals surface area contributed by atoms with Crippen molar-refractivity contribution in [1.29, 1.82) is 0 Å². The second-order valence-corrected chi connectivity index (χ2v) is 4.23. The van der Waals surface area contributed by atoms with Gasteiger partial charge in [0.05, 0.1) is 25.4 Å². The number of aliphatic hydroxyl groups excluding tert-OH is 1. The van der Waals surface area contributed by atoms with Crippen molar-refractivity contribution in [3.8, 4) is 5.75 Å². The largest absolute Gasteiger partial charge is 0.495 e. The molecule has 0 radical (unpaired) electrons. The number of carbonyl (C=O) groups excluding carboxylic acids is 1. The summed E-state index contributed by atoms with van der Waals surface area (Å²) in [5, 5.41) is 14.7. The number of methoxy groups -OCH3 is 1. The summed E-state index contributed by atoms with van der Waals surface area (Å²) < 4.78 is 5.17. The Morgan fingerprint density at radius 3 is 2.83 bits per heavy atom. The fourth-order valence-electron chi connectivity index (χ4n) is 1.51. The summed E-state index contributed by atoms with van der Waals surface area (Å²) in [6.07, 6.45) is -0.466. The van der Waals surface area contributed by atoms with Crippen LogP contribution in [0.1, 0.15) is 12.5 Å². The molecule has 0 heterocycles. The van der Waals surface area contributed by atoms with Gasteiger partial charge in [0.2, 0.25) is 5.91 Å². The molecule has 0 bridgehead atoms. The summed E-state index contributed by atoms with van der Waals surface area (Å²) in [6.45, 7) is 4.15. The van der Waals surface area contributed by atoms with E-state index in [1.165, 1.54) is 0 Å². The Balaban J connectivity index is 2.55. The van der Waals surface area contributed by atoms with Crippen LogP contribution >= 0.6 is 0 Å². The predicted molar refractivity (Wildman–Crippen MR) is 70.9 cm³/mol. The van der Waals surface area contributed by atoms with Crippen LogP contribution in [-0.2, 0) is 4.79 Å². The Labute approximate surface area is 107 Å². The summed E-state index contributed by atoms with van der Waals surface area (Å²) in [7, 11) is 1.56. The number of rotatable bonds is 6. The van der Waals surface area contributed by atoms with E-state index in [2.05, 4.69) is 10.6 Å². The van der Waals surface area contributed by atoms with Gasteiger partial charge in [-0.3, -0.25) is 4.79 Å². The molecule has 0 fully saturated rings. The van der Waals surface area contributed by atoms with Gasteiger partial charge in [-0.1, -0.05) is 6.07 Å². The van der Waals surface area contributed by atoms with Crippen molar-refractivity contribution in [3.05, 3.63) is 23.8 Å². The molecule has 0 aliphatic rings. The summed E-state index contributed by atoms with van der Waals surface area (Å²) in [6, 6.07) is 5.58. The van der Waals surface area contributed by atoms with Gasteiger partial charge in [-0.15, -0.1) is 0 Å². The SMILES string of the molecule is COc1ccc(C)cc1NC(=O)CNCC(C)O. The maximum atomic E-state index is 11.7. The van der Waals surface area contributed by atoms with Crippen molar-refractivity contribution in [2.75, 3.05) is 25.5 Å². The Hall–Kier alpha value is -1.59. The molecule has 1 rings (SSSR count). The number of hydrogen-bond acceptors (Lipinski definition) is 4. The minimum absolute atomic E-state index is 0.155. The van der Waals surface area contributed by atoms with E-state index in [9.17, 15) is 4.79 Å². The third-order valence-corrected chi connectivity index (χ3v) is 2.35. The van der Waals surface area contributed by atoms with Crippen molar-refractivity contribution < 1.29 is 14.6 Å². The maximum Gasteiger partial charge on any atom is 0.238 e. The van der Waals surface area contributed by atoms with Crippen LogP contribution in [-0.4, -0.2) is 37.3 Å². The quantitative estimate of drug-likeness (QED) is 0.704. The van der Waals surface area contributed by atoms with Gasteiger partial charge in [0.15, 0.2) is 0 Å². The van der Waals surface area contributed by atoms with Gasteiger partial charge < -0.3 is 20.5 Å². The zero-order valence-corrected chi connectivity index (χ0v) is 11.0. The standard InChI is InChI=1S/C13H20N2O3/c1-9-4-5-12(18-3)11(6-9)15-13(17)8-14-7-10(2)16/h4-6,10,14,16H,7-8H2,1-3H3,(H,15,17). The molecule has 0 saturated heterocycles. The first kappa shape index (κ1) is 14.5. The molecule has 0 aromatic heterocycles. The monoisotopic (exact) mass is 252 g/mol. The summed E-state index contributed by atoms with van der Waals surface area (Å²) >= 11 is 0. The maximum absolute atomic E-state index is 11.7. The van der Waals surface area contributed by atoms with Gasteiger partial charge in [0.1, 0.15) is 5.75 Å². The third-order valence-electron chi connectivity index (χ3n) is 2.35. The Bertz CT molecular complexity index is 405. The topological polar surface area (TPSA) is 70.6 Å². The van der Waals surface area contributed by atoms with Crippen LogP contribution < -0.4 is 15.4 Å². The van der Waals surface area contributed by atoms with Crippen molar-refractivity contribution >= 4 is 11.6 Å². The van der Waals surface area contributed by atoms with E-state index in [-0.39, 0.29) is 12.5 Å². The Morgan fingerprint density at radius 2 is 2.22 bits per heavy atom. The molecule has 100 valence electrons. The highest BCUT2D eigenvalue weighted by atomic mass is 16.5. The molecular formula is C13H20N2O3. The number of aliphatic hydroxyl groups is 1. The van der Waals surface area contributed by atoms with Gasteiger partial charge in [0, 0.05) is 6.54 Å². The molecule has 0 aliphatic carbocycles. The highest BCUT2D eigenvalue weighted by molar-refractivity contribution is 5.93. The summed E-state index contributed by atoms with van der Waals surface area (Å²) in [5.41, 5.74) is 1.70. The molecule has 1 aromatic carbocycles. The molecule has 0 aliphatic heterocycles. The van der Waals surface area contributed by atoms with E-state index >= 15 is 0 Å². The number of aryl methyl sites for hydroxylation is 1. The van der Waals surface area contributed by atoms with Gasteiger partial charge in [-0.05, 0) is 31.5 Å². The van der Waals surface area contributed by atoms with Crippen LogP contribution in [0.15, 0.2) is 18.2 Å². The molecular weight excluding hydrogens is 232 g/mol. The van der Waals surface area contributed by atoms with Gasteiger partial charge in [0.25, 0.3) is 0 Å². The average Bonchev–Trinajstić information content (AvgIpc) is 2.28. The third kappa shape index (κ3) is 4.73. The molecule has 18 heavy (non-hydrogen) atoms. The van der Waals surface area contributed by atoms with Gasteiger partial charge in [-0.25, -0.2) is 0 Å². The van der Waals surface area contributed by atoms with Crippen LogP contribution in [0.25, 0.3) is 0 Å². The first-order valence-corrected chi connectivity index (χ1v) is 5.86. The number of carbonyl (C=O) groups is 1. The summed E-state index contributed by atoms with van der Waals surface area (Å²) in [5.74, 6) is 0.462. The molecule has 1 amide bonds. The Morgan fingerprint density at radius 1 is 1.50 bits per heavy atom. The van der Waals surface area contributed by atoms with E-state index < -0.39 is 6.10 Å². The van der Waals surface area contributed by atoms with E-state index in [0.29, 0.717) is 18.0 Å². The second-order valence-electron chi connectivity index (χ2n) is 4.23. The minimum atomic E-state index is -0.466. The normalized spacial score (nSPS) is 12.0. The van der Waals surface area contributed by atoms with Crippen LogP contribution in [0, 0.1) is 6.92 Å². The lowest BCUT2D eigenvalue weighted by molar-refractivity contribution is -0.115. The van der Waals surface area contributed by atoms with Gasteiger partial charge in [-0.2, -0.15) is 0 Å². The van der Waals surface area contributed by atoms with Gasteiger partial charge >= 0.3 is 0 Å². The van der Waals surface area contributed by atoms with Crippen molar-refractivity contribution in [3.63, 3.8) is 0 Å². The van der Waals surface area contributed by atoms with Crippen molar-refractivity contribution in [1.82, 2.24) is 5.32 Å². The van der Waals surface area contributed by atoms with E-state index in [0.717, 1.165) is 5.56 Å². The van der Waals surface area contributed by atoms with E-state index in [1.54, 1.807) is 14.0 Å². The average molecular weight is 252 g/mol. The summed E-state index contributed by atoms with van der Waals surface area (Å²) in [4.78, 5) is 11.7. The number of anilines is 1. The highest BCUT2D eigenvalue weighted by Crippen LogP contribution is 2.24. The van der Waals surface area contributed by atoms with E-state index in [4.69, 9.17) is 9.84 Å². The van der Waals surface area contributed by atoms with E-state index in [1.807, 2.05) is 25.1 Å². The molecule has 0 spiro atoms. The van der Waals surface area contributed by atoms with Crippen molar-refractivity contribution in [2.45, 2.75) is 20.0 Å². The number of hydrogen-bond donors (Lipinski definition) is 3. The Kier molecular flexibility index (Phi) is 5.61. The predicted octanol–water partition coefficient (Wildman–Crippen LogP) is 0.913. The van der Waals surface area contributed by atoms with Crippen LogP contribution in [0.2, 0.25) is 0 Å². The molecule has 5 heteroatoms. The fraction of sp³-hybridized carbons (Fsp3) is 0.462. The lowest BCUT2D eigenvalue weighted by Crippen LogP contribution is -2.32. The molecule has 0 saturated carbocycles. The minimum Gasteiger partial charge on any atom is -0.495 e. The molecule has 5 nitrogen and oxygen atoms in total. The zero-order valence-electron chi connectivity index (χ0n) is 11.0. The smallest absolute Gasteiger partial charge is 0.238 e. The molecule has 1 unspecified atom stereocenters. The number of benzene rings is 1. The lowest BCUT2D eigenvalue weighted by atomic mass is 10.2. The first-order chi connectivity index (χ1) is 8.52. The van der Waals surface area contributed by atoms with Crippen LogP contribution in [0.4, 0.5) is 5.69 Å². The molecule has 1 atom stereocenters.